The van der Waals surface area contributed by atoms with Crippen molar-refractivity contribution in [3.63, 3.8) is 0 Å². The molecule has 2 heterocycles. The predicted octanol–water partition coefficient (Wildman–Crippen LogP) is 3.90. The van der Waals surface area contributed by atoms with Crippen molar-refractivity contribution in [2.24, 2.45) is 10.9 Å². The van der Waals surface area contributed by atoms with Crippen LogP contribution in [-0.4, -0.2) is 54.9 Å². The second kappa shape index (κ2) is 6.78. The van der Waals surface area contributed by atoms with E-state index in [1.807, 2.05) is 18.2 Å². The molecule has 126 valence electrons. The molecule has 24 heavy (non-hydrogen) atoms. The van der Waals surface area contributed by atoms with E-state index >= 15 is 0 Å². The maximum Gasteiger partial charge on any atom is 0.104 e. The summed E-state index contributed by atoms with van der Waals surface area (Å²) in [5.41, 5.74) is 3.21. The first-order valence-electron chi connectivity index (χ1n) is 8.24. The molecule has 2 atom stereocenters. The van der Waals surface area contributed by atoms with Gasteiger partial charge in [0.15, 0.2) is 0 Å². The first kappa shape index (κ1) is 16.6. The zero-order valence-electron chi connectivity index (χ0n) is 13.6. The van der Waals surface area contributed by atoms with E-state index in [9.17, 15) is 0 Å². The normalized spacial score (nSPS) is 27.5. The van der Waals surface area contributed by atoms with Crippen LogP contribution in [0.15, 0.2) is 47.5 Å². The Bertz CT molecular complexity index is 722. The molecule has 4 nitrogen and oxygen atoms in total. The van der Waals surface area contributed by atoms with E-state index in [1.165, 1.54) is 0 Å². The predicted molar refractivity (Wildman–Crippen MR) is 110 cm³/mol. The van der Waals surface area contributed by atoms with Crippen molar-refractivity contribution in [2.45, 2.75) is 6.17 Å². The molecule has 1 aromatic carbocycles. The van der Waals surface area contributed by atoms with Crippen LogP contribution in [0.2, 0.25) is 5.02 Å². The van der Waals surface area contributed by atoms with Crippen LogP contribution in [0.5, 0.6) is 0 Å². The van der Waals surface area contributed by atoms with Gasteiger partial charge in [-0.25, -0.2) is 0 Å². The largest absolute Gasteiger partial charge is 0.304 e. The summed E-state index contributed by atoms with van der Waals surface area (Å²) < 4.78 is 2.33. The summed E-state index contributed by atoms with van der Waals surface area (Å²) in [6.07, 6.45) is 8.89. The van der Waals surface area contributed by atoms with E-state index in [0.717, 1.165) is 48.3 Å². The highest BCUT2D eigenvalue weighted by Crippen LogP contribution is 2.41. The SMILES string of the molecule is CN1CCN(C2C3C=CC=CC3=Nc3ccc(Cl)cc3N2I)CC1. The monoisotopic (exact) mass is 454 g/mol. The highest BCUT2D eigenvalue weighted by molar-refractivity contribution is 14.1. The summed E-state index contributed by atoms with van der Waals surface area (Å²) in [5, 5.41) is 0.753. The maximum absolute atomic E-state index is 6.27. The summed E-state index contributed by atoms with van der Waals surface area (Å²) in [4.78, 5) is 9.91. The molecule has 1 fully saturated rings. The number of fused-ring (bicyclic) bond motifs is 2. The van der Waals surface area contributed by atoms with Crippen LogP contribution < -0.4 is 3.11 Å². The first-order chi connectivity index (χ1) is 11.6. The zero-order valence-corrected chi connectivity index (χ0v) is 16.5. The minimum atomic E-state index is 0.249. The zero-order chi connectivity index (χ0) is 16.7. The Hall–Kier alpha value is -0.890. The van der Waals surface area contributed by atoms with Gasteiger partial charge in [0.2, 0.25) is 0 Å². The van der Waals surface area contributed by atoms with Crippen LogP contribution in [0.4, 0.5) is 11.4 Å². The van der Waals surface area contributed by atoms with Crippen LogP contribution >= 0.6 is 34.5 Å². The van der Waals surface area contributed by atoms with Gasteiger partial charge in [0, 0.05) is 31.2 Å². The summed E-state index contributed by atoms with van der Waals surface area (Å²) in [7, 11) is 2.19. The van der Waals surface area contributed by atoms with Gasteiger partial charge in [-0.05, 0) is 31.3 Å². The van der Waals surface area contributed by atoms with Crippen molar-refractivity contribution in [1.82, 2.24) is 9.80 Å². The topological polar surface area (TPSA) is 22.1 Å². The Labute approximate surface area is 162 Å². The van der Waals surface area contributed by atoms with Crippen LogP contribution in [0.1, 0.15) is 0 Å². The number of halogens is 2. The molecule has 2 unspecified atom stereocenters. The molecule has 0 bridgehead atoms. The van der Waals surface area contributed by atoms with Gasteiger partial charge in [0.05, 0.1) is 45.9 Å². The Morgan fingerprint density at radius 1 is 1.17 bits per heavy atom. The van der Waals surface area contributed by atoms with Gasteiger partial charge < -0.3 is 4.90 Å². The van der Waals surface area contributed by atoms with Crippen LogP contribution in [0.25, 0.3) is 0 Å². The number of piperazine rings is 1. The smallest absolute Gasteiger partial charge is 0.104 e. The number of aliphatic imine (C=N–C) groups is 1. The number of likely N-dealkylation sites (N-methyl/N-ethyl adjacent to an activating group) is 1. The van der Waals surface area contributed by atoms with Crippen molar-refractivity contribution >= 4 is 51.6 Å². The lowest BCUT2D eigenvalue weighted by atomic mass is 9.94. The summed E-state index contributed by atoms with van der Waals surface area (Å²) in [5.74, 6) is 0.265. The van der Waals surface area contributed by atoms with Gasteiger partial charge in [-0.1, -0.05) is 29.8 Å². The van der Waals surface area contributed by atoms with Gasteiger partial charge in [-0.2, -0.15) is 0 Å². The van der Waals surface area contributed by atoms with Crippen molar-refractivity contribution in [1.29, 1.82) is 0 Å². The van der Waals surface area contributed by atoms with Gasteiger partial charge in [-0.3, -0.25) is 13.0 Å². The van der Waals surface area contributed by atoms with Crippen molar-refractivity contribution in [3.8, 4) is 0 Å². The average Bonchev–Trinajstić information content (AvgIpc) is 2.70. The molecule has 1 saturated heterocycles. The van der Waals surface area contributed by atoms with Crippen LogP contribution in [0, 0.1) is 5.92 Å². The van der Waals surface area contributed by atoms with Gasteiger partial charge in [0.25, 0.3) is 0 Å². The van der Waals surface area contributed by atoms with Gasteiger partial charge in [0.1, 0.15) is 6.17 Å². The van der Waals surface area contributed by atoms with Gasteiger partial charge >= 0.3 is 0 Å². The van der Waals surface area contributed by atoms with Crippen LogP contribution in [0.3, 0.4) is 0 Å². The standard InChI is InChI=1S/C18H20ClIN4/c1-22-8-10-23(11-9-22)18-14-4-2-3-5-15(14)21-16-7-6-13(19)12-17(16)24(18)20/h2-7,12,14,18H,8-11H2,1H3. The maximum atomic E-state index is 6.27. The number of allylic oxidation sites excluding steroid dienone is 3. The lowest BCUT2D eigenvalue weighted by molar-refractivity contribution is 0.110. The Balaban J connectivity index is 1.78. The molecular weight excluding hydrogens is 435 g/mol. The molecule has 0 N–H and O–H groups in total. The van der Waals surface area contributed by atoms with Crippen molar-refractivity contribution < 1.29 is 0 Å². The third kappa shape index (κ3) is 3.03. The first-order valence-corrected chi connectivity index (χ1v) is 9.58. The molecule has 4 rings (SSSR count). The molecular formula is C18H20ClIN4. The second-order valence-electron chi connectivity index (χ2n) is 6.50. The Kier molecular flexibility index (Phi) is 4.68. The number of hydrogen-bond donors (Lipinski definition) is 0. The lowest BCUT2D eigenvalue weighted by Crippen LogP contribution is -2.56. The molecule has 0 radical (unpaired) electrons. The average molecular weight is 455 g/mol. The molecule has 0 saturated carbocycles. The number of benzene rings is 1. The fraction of sp³-hybridized carbons (Fsp3) is 0.389. The number of nitrogens with zero attached hydrogens (tertiary/aromatic N) is 4. The molecule has 0 amide bonds. The molecule has 0 aromatic heterocycles. The van der Waals surface area contributed by atoms with E-state index < -0.39 is 0 Å². The van der Waals surface area contributed by atoms with Gasteiger partial charge in [-0.15, -0.1) is 0 Å². The highest BCUT2D eigenvalue weighted by atomic mass is 127. The minimum Gasteiger partial charge on any atom is -0.304 e. The van der Waals surface area contributed by atoms with E-state index in [1.54, 1.807) is 0 Å². The third-order valence-electron chi connectivity index (χ3n) is 4.92. The number of rotatable bonds is 1. The molecule has 1 aliphatic carbocycles. The van der Waals surface area contributed by atoms with E-state index in [0.29, 0.717) is 0 Å². The molecule has 2 aliphatic heterocycles. The van der Waals surface area contributed by atoms with E-state index in [-0.39, 0.29) is 12.1 Å². The molecule has 6 heteroatoms. The summed E-state index contributed by atoms with van der Waals surface area (Å²) in [6, 6.07) is 5.97. The summed E-state index contributed by atoms with van der Waals surface area (Å²) >= 11 is 8.71. The fourth-order valence-electron chi connectivity index (χ4n) is 3.55. The summed E-state index contributed by atoms with van der Waals surface area (Å²) in [6.45, 7) is 4.33. The van der Waals surface area contributed by atoms with Crippen molar-refractivity contribution in [2.75, 3.05) is 36.3 Å². The highest BCUT2D eigenvalue weighted by Gasteiger charge is 2.37. The third-order valence-corrected chi connectivity index (χ3v) is 6.25. The Morgan fingerprint density at radius 3 is 2.75 bits per heavy atom. The molecule has 1 aromatic rings. The number of anilines is 1. The second-order valence-corrected chi connectivity index (χ2v) is 7.98. The molecule has 0 spiro atoms. The Morgan fingerprint density at radius 2 is 1.96 bits per heavy atom. The van der Waals surface area contributed by atoms with E-state index in [4.69, 9.17) is 16.6 Å². The fourth-order valence-corrected chi connectivity index (χ4v) is 4.80. The molecule has 3 aliphatic rings. The quantitative estimate of drug-likeness (QED) is 0.475. The van der Waals surface area contributed by atoms with Crippen molar-refractivity contribution in [3.05, 3.63) is 47.5 Å². The van der Waals surface area contributed by atoms with Crippen LogP contribution in [-0.2, 0) is 0 Å². The number of hydrogen-bond acceptors (Lipinski definition) is 4. The minimum absolute atomic E-state index is 0.249. The van der Waals surface area contributed by atoms with E-state index in [2.05, 4.69) is 67.1 Å². The lowest BCUT2D eigenvalue weighted by Gasteiger charge is -2.44.